The number of hydrogen-bond donors (Lipinski definition) is 8. The Balaban J connectivity index is 0.723. The normalized spacial score (nSPS) is 26.9. The predicted molar refractivity (Wildman–Crippen MR) is 456 cm³/mol. The van der Waals surface area contributed by atoms with E-state index in [4.69, 9.17) is 69.2 Å². The average Bonchev–Trinajstić information content (AvgIpc) is 1.75. The van der Waals surface area contributed by atoms with E-state index < -0.39 is 148 Å². The third-order valence-electron chi connectivity index (χ3n) is 22.9. The van der Waals surface area contributed by atoms with Crippen LogP contribution in [0.3, 0.4) is 0 Å². The summed E-state index contributed by atoms with van der Waals surface area (Å²) in [6.07, 6.45) is -0.852. The number of rotatable bonds is 31. The van der Waals surface area contributed by atoms with Crippen LogP contribution in [0.5, 0.6) is 0 Å². The van der Waals surface area contributed by atoms with E-state index in [1.54, 1.807) is 51.3 Å². The van der Waals surface area contributed by atoms with Gasteiger partial charge in [0.05, 0.1) is 109 Å². The molecule has 0 amide bonds. The number of imidazole rings is 3. The highest BCUT2D eigenvalue weighted by atomic mass is 31.2. The first kappa shape index (κ1) is 92.2. The number of ether oxygens (including phenoxy) is 5. The topological polar surface area (TPSA) is 579 Å². The van der Waals surface area contributed by atoms with E-state index in [1.807, 2.05) is 32.4 Å². The summed E-state index contributed by atoms with van der Waals surface area (Å²) in [5.41, 5.74) is 22.8. The number of H-pyrrole nitrogens is 2. The van der Waals surface area contributed by atoms with Crippen molar-refractivity contribution in [1.82, 2.24) is 135 Å². The van der Waals surface area contributed by atoms with Gasteiger partial charge in [0.25, 0.3) is 18.6 Å². The Morgan fingerprint density at radius 3 is 1.34 bits per heavy atom. The highest BCUT2D eigenvalue weighted by Gasteiger charge is 2.52. The number of aryl methyl sites for hydroxylation is 1. The fourth-order valence-electron chi connectivity index (χ4n) is 16.3. The summed E-state index contributed by atoms with van der Waals surface area (Å²) in [5.74, 6) is -0.0152. The van der Waals surface area contributed by atoms with Gasteiger partial charge in [-0.25, -0.2) is 86.5 Å². The molecule has 0 radical (unpaired) electrons. The highest BCUT2D eigenvalue weighted by molar-refractivity contribution is 7.57. The van der Waals surface area contributed by atoms with Crippen molar-refractivity contribution in [3.05, 3.63) is 97.3 Å². The predicted octanol–water partition coefficient (Wildman–Crippen LogP) is 0.261. The Hall–Kier alpha value is -7.52. The lowest BCUT2D eigenvalue weighted by Gasteiger charge is -2.47. The summed E-state index contributed by atoms with van der Waals surface area (Å²) >= 11 is 0. The van der Waals surface area contributed by atoms with Crippen LogP contribution in [-0.4, -0.2) is 360 Å². The molecule has 0 bridgehead atoms. The summed E-state index contributed by atoms with van der Waals surface area (Å²) in [4.78, 5) is 99.6. The van der Waals surface area contributed by atoms with E-state index >= 15 is 22.8 Å². The molecule has 0 saturated carbocycles. The van der Waals surface area contributed by atoms with Crippen molar-refractivity contribution in [1.29, 1.82) is 0 Å². The van der Waals surface area contributed by atoms with Crippen LogP contribution in [0.1, 0.15) is 64.4 Å². The summed E-state index contributed by atoms with van der Waals surface area (Å²) in [6.45, 7) is 10.1. The Bertz CT molecular complexity index is 5690. The molecular weight excluding hydrogens is 1740 g/mol. The van der Waals surface area contributed by atoms with E-state index in [9.17, 15) is 19.2 Å². The van der Waals surface area contributed by atoms with Gasteiger partial charge in [-0.1, -0.05) is 13.8 Å². The van der Waals surface area contributed by atoms with Crippen molar-refractivity contribution < 1.29 is 69.1 Å². The quantitative estimate of drug-likeness (QED) is 0.0270. The van der Waals surface area contributed by atoms with E-state index in [0.717, 1.165) is 4.57 Å². The van der Waals surface area contributed by atoms with Gasteiger partial charge in [-0.3, -0.25) is 70.1 Å². The molecule has 686 valence electrons. The lowest BCUT2D eigenvalue weighted by Crippen LogP contribution is -2.52. The minimum atomic E-state index is -4.46. The van der Waals surface area contributed by atoms with Crippen molar-refractivity contribution in [2.75, 3.05) is 216 Å². The monoisotopic (exact) mass is 1850 g/mol. The van der Waals surface area contributed by atoms with Gasteiger partial charge in [0, 0.05) is 121 Å². The number of morpholine rings is 5. The number of piperazine rings is 2. The zero-order valence-electron chi connectivity index (χ0n) is 71.3. The van der Waals surface area contributed by atoms with Crippen molar-refractivity contribution in [3.63, 3.8) is 0 Å². The zero-order valence-corrected chi connectivity index (χ0v) is 75.8. The number of aromatic amines is 2. The maximum atomic E-state index is 16.9. The second-order valence-electron chi connectivity index (χ2n) is 32.6. The standard InChI is InChI=1S/C69H111N32O19P5/c1-43(2)90-23-46(116-52(28-90)97-17-12-51(70)83-68(97)104)34-112-122(107,87(6)7)93-24-48(117-53(29-93)98-22-45(5)65(102)86-69(98)105)35-113-124(109,89(10)11)95-25-49(120-56(31-95)101-42-82-59-64(101)84-67(73)85-66(59)103)36-114-123(108,88(8)9)94-26-50(119-54(30-94)99-40-80-57-60(71)76-38-78-62(57)99)37-115-125(110,92-20-15-75-16-21-92)96-27-47(33-111-121(106,44(3)4)91-18-13-74-14-19-91)118-55(32-96)100-41-81-58-61(72)77-39-79-63(58)100/h12,17,22,38-44,46-50,52-56,74-75H,13-16,18-21,23-37H2,1-11H3,(H2,70,83,104)(H2,71,76,78)(H2,72,77,79)(H,86,102,105)(H3,73,84,85,103). The summed E-state index contributed by atoms with van der Waals surface area (Å²) in [7, 11) is -11.6. The van der Waals surface area contributed by atoms with Crippen LogP contribution in [0.2, 0.25) is 0 Å². The van der Waals surface area contributed by atoms with Crippen LogP contribution >= 0.6 is 38.2 Å². The molecule has 15 rings (SSSR count). The van der Waals surface area contributed by atoms with Gasteiger partial charge in [-0.15, -0.1) is 0 Å². The number of aromatic nitrogens is 16. The second kappa shape index (κ2) is 37.9. The molecule has 0 spiro atoms. The van der Waals surface area contributed by atoms with Crippen LogP contribution in [-0.2, 0) is 69.1 Å². The molecule has 125 heavy (non-hydrogen) atoms. The smallest absolute Gasteiger partial charge is 0.351 e. The van der Waals surface area contributed by atoms with Crippen LogP contribution in [0.15, 0.2) is 69.3 Å². The number of nitrogens with one attached hydrogen (secondary N) is 4. The van der Waals surface area contributed by atoms with Crippen LogP contribution in [0.25, 0.3) is 33.5 Å². The maximum Gasteiger partial charge on any atom is 0.351 e. The zero-order chi connectivity index (χ0) is 88.9. The largest absolute Gasteiger partial charge is 0.383 e. The van der Waals surface area contributed by atoms with Crippen molar-refractivity contribution >= 4 is 95.1 Å². The van der Waals surface area contributed by atoms with E-state index in [1.165, 1.54) is 104 Å². The first-order chi connectivity index (χ1) is 59.5. The lowest BCUT2D eigenvalue weighted by molar-refractivity contribution is -0.142. The van der Waals surface area contributed by atoms with E-state index in [0.29, 0.717) is 63.5 Å². The molecule has 8 aromatic rings. The Morgan fingerprint density at radius 1 is 0.456 bits per heavy atom. The molecule has 7 aliphatic heterocycles. The fraction of sp³-hybridized carbons (Fsp3) is 0.667. The Morgan fingerprint density at radius 2 is 0.872 bits per heavy atom. The third kappa shape index (κ3) is 19.1. The first-order valence-electron chi connectivity index (χ1n) is 41.0. The Labute approximate surface area is 717 Å². The van der Waals surface area contributed by atoms with Gasteiger partial charge in [0.2, 0.25) is 5.95 Å². The lowest BCUT2D eigenvalue weighted by atomic mass is 10.2. The fourth-order valence-corrected chi connectivity index (χ4v) is 27.0. The van der Waals surface area contributed by atoms with Gasteiger partial charge in [0.1, 0.15) is 48.2 Å². The molecule has 15 unspecified atom stereocenters. The SMILES string of the molecule is Cc1cn(C2CN(P(=O)(OCC3CN(C(C)C)CC(n4ccc(N)nc4=O)O3)N(C)C)CC(COP(=O)(N(C)C)N3CC(COP(=O)(N(C)C)N4CC(COP(=O)(N5CCNCC5)N5CC(COP(=O)(C(C)C)N6CCNCC6)OC(n6cnc7c(N)ncnc76)C5)OC(n5cnc6c(N)ncnc65)C4)OC(n4cnc5c(=O)[nH]c(N)nc54)C3)O2)c(=O)[nH]c1=O. The van der Waals surface area contributed by atoms with Crippen LogP contribution in [0, 0.1) is 6.92 Å². The summed E-state index contributed by atoms with van der Waals surface area (Å²) in [5, 5.41) is 6.69. The van der Waals surface area contributed by atoms with Gasteiger partial charge in [-0.05, 0) is 69.1 Å². The molecule has 15 heterocycles. The molecule has 7 aliphatic rings. The number of hydrogen-bond acceptors (Lipinski definition) is 35. The maximum absolute atomic E-state index is 16.9. The first-order valence-corrected chi connectivity index (χ1v) is 48.8. The van der Waals surface area contributed by atoms with E-state index in [2.05, 4.69) is 70.4 Å². The highest BCUT2D eigenvalue weighted by Crippen LogP contribution is 2.62. The molecule has 7 saturated heterocycles. The molecule has 51 nitrogen and oxygen atoms in total. The number of nitrogen functional groups attached to an aromatic ring is 4. The van der Waals surface area contributed by atoms with Gasteiger partial charge in [0.15, 0.2) is 46.5 Å². The molecule has 0 aromatic carbocycles. The van der Waals surface area contributed by atoms with Crippen LogP contribution in [0.4, 0.5) is 23.4 Å². The second-order valence-corrected chi connectivity index (χ2v) is 45.8. The molecule has 7 fully saturated rings. The Kier molecular flexibility index (Phi) is 27.9. The van der Waals surface area contributed by atoms with Crippen molar-refractivity contribution in [2.45, 2.75) is 108 Å². The molecular formula is C69H111N32O19P5. The molecule has 0 aliphatic carbocycles. The molecule has 56 heteroatoms. The number of nitrogens with two attached hydrogens (primary N) is 4. The van der Waals surface area contributed by atoms with Gasteiger partial charge >= 0.3 is 42.1 Å². The number of anilines is 4. The number of fused-ring (bicyclic) bond motifs is 3. The summed E-state index contributed by atoms with van der Waals surface area (Å²) in [6, 6.07) is 1.46. The van der Waals surface area contributed by atoms with Crippen LogP contribution < -0.4 is 56.1 Å². The minimum Gasteiger partial charge on any atom is -0.383 e. The molecule has 12 N–H and O–H groups in total. The number of nitrogens with zero attached hydrogens (tertiary/aromatic N) is 24. The molecule has 15 atom stereocenters. The van der Waals surface area contributed by atoms with Gasteiger partial charge < -0.3 is 79.9 Å². The van der Waals surface area contributed by atoms with E-state index in [-0.39, 0.29) is 136 Å². The summed E-state index contributed by atoms with van der Waals surface area (Å²) < 4.78 is 170. The average molecular weight is 1850 g/mol. The van der Waals surface area contributed by atoms with Crippen molar-refractivity contribution in [3.8, 4) is 0 Å². The minimum absolute atomic E-state index is 0.0107. The van der Waals surface area contributed by atoms with Crippen molar-refractivity contribution in [2.24, 2.45) is 0 Å². The van der Waals surface area contributed by atoms with Gasteiger partial charge in [-0.2, -0.15) is 9.97 Å². The molecule has 8 aromatic heterocycles. The third-order valence-corrected chi connectivity index (χ3v) is 36.2.